The molecule has 1 aliphatic heterocycles. The van der Waals surface area contributed by atoms with Crippen molar-refractivity contribution >= 4 is 0 Å². The maximum Gasteiger partial charge on any atom is 0.0192 e. The second-order valence-corrected chi connectivity index (χ2v) is 6.44. The zero-order valence-electron chi connectivity index (χ0n) is 11.8. The van der Waals surface area contributed by atoms with E-state index >= 15 is 0 Å². The summed E-state index contributed by atoms with van der Waals surface area (Å²) in [7, 11) is 2.05. The van der Waals surface area contributed by atoms with Gasteiger partial charge in [0.15, 0.2) is 0 Å². The summed E-state index contributed by atoms with van der Waals surface area (Å²) in [6.45, 7) is 13.2. The van der Waals surface area contributed by atoms with Crippen LogP contribution in [0, 0.1) is 11.3 Å². The van der Waals surface area contributed by atoms with Gasteiger partial charge in [0.2, 0.25) is 0 Å². The van der Waals surface area contributed by atoms with Crippen LogP contribution in [-0.2, 0) is 0 Å². The Morgan fingerprint density at radius 3 is 2.50 bits per heavy atom. The second-order valence-electron chi connectivity index (χ2n) is 6.44. The van der Waals surface area contributed by atoms with E-state index in [1.807, 2.05) is 7.05 Å². The van der Waals surface area contributed by atoms with Gasteiger partial charge in [-0.1, -0.05) is 20.8 Å². The summed E-state index contributed by atoms with van der Waals surface area (Å²) in [6.07, 6.45) is 4.15. The molecule has 1 rings (SSSR count). The second kappa shape index (κ2) is 6.02. The van der Waals surface area contributed by atoms with Gasteiger partial charge in [0.1, 0.15) is 0 Å². The van der Waals surface area contributed by atoms with Gasteiger partial charge in [0.25, 0.3) is 0 Å². The van der Waals surface area contributed by atoms with Crippen LogP contribution in [0.1, 0.15) is 47.0 Å². The highest BCUT2D eigenvalue weighted by Crippen LogP contribution is 2.34. The largest absolute Gasteiger partial charge is 0.318 e. The third-order valence-corrected chi connectivity index (χ3v) is 4.11. The maximum atomic E-state index is 3.28. The molecule has 2 heteroatoms. The number of likely N-dealkylation sites (N-methyl/N-ethyl adjacent to an activating group) is 1. The van der Waals surface area contributed by atoms with E-state index in [0.29, 0.717) is 11.5 Å². The van der Waals surface area contributed by atoms with E-state index in [9.17, 15) is 0 Å². The van der Waals surface area contributed by atoms with Gasteiger partial charge in [-0.3, -0.25) is 4.90 Å². The molecule has 2 unspecified atom stereocenters. The molecule has 0 aromatic heterocycles. The molecule has 0 amide bonds. The zero-order chi connectivity index (χ0) is 12.2. The smallest absolute Gasteiger partial charge is 0.0192 e. The van der Waals surface area contributed by atoms with Gasteiger partial charge in [-0.2, -0.15) is 0 Å². The lowest BCUT2D eigenvalue weighted by molar-refractivity contribution is 0.188. The Kier molecular flexibility index (Phi) is 5.26. The van der Waals surface area contributed by atoms with Gasteiger partial charge < -0.3 is 5.32 Å². The number of likely N-dealkylation sites (tertiary alicyclic amines) is 1. The van der Waals surface area contributed by atoms with Crippen molar-refractivity contribution in [3.05, 3.63) is 0 Å². The average molecular weight is 226 g/mol. The van der Waals surface area contributed by atoms with Crippen LogP contribution in [0.25, 0.3) is 0 Å². The van der Waals surface area contributed by atoms with Crippen LogP contribution in [0.15, 0.2) is 0 Å². The molecular weight excluding hydrogens is 196 g/mol. The fourth-order valence-electron chi connectivity index (χ4n) is 2.85. The van der Waals surface area contributed by atoms with E-state index in [-0.39, 0.29) is 0 Å². The number of nitrogens with one attached hydrogen (secondary N) is 1. The summed E-state index contributed by atoms with van der Waals surface area (Å²) in [5.74, 6) is 0.902. The SMILES string of the molecule is CNCC(C)N1CCCC(C(C)(C)C)CC1. The monoisotopic (exact) mass is 226 g/mol. The van der Waals surface area contributed by atoms with Crippen LogP contribution in [0.4, 0.5) is 0 Å². The van der Waals surface area contributed by atoms with Gasteiger partial charge in [-0.15, -0.1) is 0 Å². The lowest BCUT2D eigenvalue weighted by Gasteiger charge is -2.31. The highest BCUT2D eigenvalue weighted by Gasteiger charge is 2.27. The highest BCUT2D eigenvalue weighted by molar-refractivity contribution is 4.80. The van der Waals surface area contributed by atoms with E-state index in [1.165, 1.54) is 32.4 Å². The summed E-state index contributed by atoms with van der Waals surface area (Å²) in [4.78, 5) is 2.66. The van der Waals surface area contributed by atoms with Gasteiger partial charge >= 0.3 is 0 Å². The van der Waals surface area contributed by atoms with Crippen molar-refractivity contribution in [3.8, 4) is 0 Å². The summed E-state index contributed by atoms with van der Waals surface area (Å²) < 4.78 is 0. The molecule has 0 aliphatic carbocycles. The summed E-state index contributed by atoms with van der Waals surface area (Å²) >= 11 is 0. The first-order valence-corrected chi connectivity index (χ1v) is 6.83. The molecule has 0 aromatic carbocycles. The van der Waals surface area contributed by atoms with Crippen LogP contribution in [0.5, 0.6) is 0 Å². The molecule has 1 heterocycles. The average Bonchev–Trinajstić information content (AvgIpc) is 2.41. The minimum Gasteiger partial charge on any atom is -0.318 e. The van der Waals surface area contributed by atoms with E-state index < -0.39 is 0 Å². The van der Waals surface area contributed by atoms with Crippen LogP contribution >= 0.6 is 0 Å². The minimum atomic E-state index is 0.488. The fourth-order valence-corrected chi connectivity index (χ4v) is 2.85. The van der Waals surface area contributed by atoms with Crippen molar-refractivity contribution in [1.82, 2.24) is 10.2 Å². The maximum absolute atomic E-state index is 3.28. The third-order valence-electron chi connectivity index (χ3n) is 4.11. The summed E-state index contributed by atoms with van der Waals surface area (Å²) in [5.41, 5.74) is 0.488. The van der Waals surface area contributed by atoms with Crippen LogP contribution in [0.3, 0.4) is 0 Å². The fraction of sp³-hybridized carbons (Fsp3) is 1.00. The molecule has 1 fully saturated rings. The third kappa shape index (κ3) is 4.06. The molecule has 2 atom stereocenters. The molecule has 1 aliphatic rings. The van der Waals surface area contributed by atoms with Crippen molar-refractivity contribution < 1.29 is 0 Å². The Hall–Kier alpha value is -0.0800. The van der Waals surface area contributed by atoms with Gasteiger partial charge in [0.05, 0.1) is 0 Å². The number of rotatable bonds is 3. The van der Waals surface area contributed by atoms with E-state index in [4.69, 9.17) is 0 Å². The molecule has 2 nitrogen and oxygen atoms in total. The topological polar surface area (TPSA) is 15.3 Å². The van der Waals surface area contributed by atoms with Gasteiger partial charge in [-0.25, -0.2) is 0 Å². The quantitative estimate of drug-likeness (QED) is 0.796. The molecule has 0 aromatic rings. The van der Waals surface area contributed by atoms with Crippen LogP contribution in [-0.4, -0.2) is 37.6 Å². The lowest BCUT2D eigenvalue weighted by atomic mass is 9.77. The Labute approximate surface area is 102 Å². The van der Waals surface area contributed by atoms with Crippen molar-refractivity contribution in [2.45, 2.75) is 53.0 Å². The highest BCUT2D eigenvalue weighted by atomic mass is 15.2. The van der Waals surface area contributed by atoms with Gasteiger partial charge in [-0.05, 0) is 57.7 Å². The number of hydrogen-bond acceptors (Lipinski definition) is 2. The van der Waals surface area contributed by atoms with Crippen molar-refractivity contribution in [3.63, 3.8) is 0 Å². The first-order chi connectivity index (χ1) is 7.45. The minimum absolute atomic E-state index is 0.488. The number of hydrogen-bond donors (Lipinski definition) is 1. The lowest BCUT2D eigenvalue weighted by Crippen LogP contribution is -2.40. The molecule has 1 N–H and O–H groups in total. The molecular formula is C14H30N2. The molecule has 16 heavy (non-hydrogen) atoms. The predicted octanol–water partition coefficient (Wildman–Crippen LogP) is 2.74. The molecule has 0 saturated carbocycles. The standard InChI is InChI=1S/C14H30N2/c1-12(11-15-5)16-9-6-7-13(8-10-16)14(2,3)4/h12-13,15H,6-11H2,1-5H3. The molecule has 0 radical (unpaired) electrons. The van der Waals surface area contributed by atoms with Crippen molar-refractivity contribution in [1.29, 1.82) is 0 Å². The van der Waals surface area contributed by atoms with Gasteiger partial charge in [0, 0.05) is 12.6 Å². The number of nitrogens with zero attached hydrogens (tertiary/aromatic N) is 1. The Morgan fingerprint density at radius 1 is 1.25 bits per heavy atom. The predicted molar refractivity (Wildman–Crippen MR) is 71.8 cm³/mol. The van der Waals surface area contributed by atoms with Crippen LogP contribution < -0.4 is 5.32 Å². The normalized spacial score (nSPS) is 26.4. The Balaban J connectivity index is 2.46. The van der Waals surface area contributed by atoms with Crippen molar-refractivity contribution in [2.75, 3.05) is 26.7 Å². The van der Waals surface area contributed by atoms with E-state index in [2.05, 4.69) is 37.9 Å². The molecule has 1 saturated heterocycles. The Bertz CT molecular complexity index is 195. The zero-order valence-corrected chi connectivity index (χ0v) is 11.8. The van der Waals surface area contributed by atoms with E-state index in [0.717, 1.165) is 12.5 Å². The molecule has 0 spiro atoms. The van der Waals surface area contributed by atoms with Crippen LogP contribution in [0.2, 0.25) is 0 Å². The first-order valence-electron chi connectivity index (χ1n) is 6.83. The molecule has 0 bridgehead atoms. The summed E-state index contributed by atoms with van der Waals surface area (Å²) in [6, 6.07) is 0.684. The summed E-state index contributed by atoms with van der Waals surface area (Å²) in [5, 5.41) is 3.28. The first kappa shape index (κ1) is 14.0. The van der Waals surface area contributed by atoms with Crippen molar-refractivity contribution in [2.24, 2.45) is 11.3 Å². The van der Waals surface area contributed by atoms with E-state index in [1.54, 1.807) is 0 Å². The Morgan fingerprint density at radius 2 is 1.94 bits per heavy atom. The molecule has 96 valence electrons.